The highest BCUT2D eigenvalue weighted by atomic mass is 32.1. The number of amides is 1. The van der Waals surface area contributed by atoms with Gasteiger partial charge in [-0.25, -0.2) is 0 Å². The molecule has 0 atom stereocenters. The van der Waals surface area contributed by atoms with Crippen LogP contribution in [0.4, 0.5) is 0 Å². The number of nitrogens with zero attached hydrogens (tertiary/aromatic N) is 3. The van der Waals surface area contributed by atoms with E-state index in [4.69, 9.17) is 31.2 Å². The van der Waals surface area contributed by atoms with Crippen molar-refractivity contribution in [3.05, 3.63) is 51.0 Å². The van der Waals surface area contributed by atoms with Crippen molar-refractivity contribution in [3.8, 4) is 23.0 Å². The maximum Gasteiger partial charge on any atom is 0.262 e. The van der Waals surface area contributed by atoms with Gasteiger partial charge in [0, 0.05) is 51.8 Å². The minimum atomic E-state index is -0.247. The van der Waals surface area contributed by atoms with E-state index < -0.39 is 0 Å². The quantitative estimate of drug-likeness (QED) is 0.538. The molecule has 182 valence electrons. The first kappa shape index (κ1) is 21.9. The Morgan fingerprint density at radius 2 is 1.60 bits per heavy atom. The number of fused-ring (bicyclic) bond motifs is 3. The number of rotatable bonds is 5. The first-order chi connectivity index (χ1) is 17.0. The highest BCUT2D eigenvalue weighted by Crippen LogP contribution is 2.34. The van der Waals surface area contributed by atoms with Crippen LogP contribution in [0, 0.1) is 4.77 Å². The summed E-state index contributed by atoms with van der Waals surface area (Å²) in [6, 6.07) is 9.36. The molecule has 3 aromatic rings. The Balaban J connectivity index is 1.07. The van der Waals surface area contributed by atoms with Crippen molar-refractivity contribution in [2.45, 2.75) is 19.5 Å². The number of hydrogen-bond acceptors (Lipinski definition) is 8. The van der Waals surface area contributed by atoms with Gasteiger partial charge in [-0.1, -0.05) is 6.07 Å². The van der Waals surface area contributed by atoms with Crippen molar-refractivity contribution < 1.29 is 23.7 Å². The molecule has 1 aromatic heterocycles. The van der Waals surface area contributed by atoms with Crippen LogP contribution in [-0.4, -0.2) is 65.0 Å². The fraction of sp³-hybridized carbons (Fsp3) is 0.375. The Hall–Kier alpha value is -3.57. The molecule has 11 heteroatoms. The summed E-state index contributed by atoms with van der Waals surface area (Å²) in [4.78, 5) is 33.2. The number of aromatic nitrogens is 2. The fourth-order valence-corrected chi connectivity index (χ4v) is 4.95. The van der Waals surface area contributed by atoms with Gasteiger partial charge in [-0.05, 0) is 36.0 Å². The number of benzene rings is 2. The molecule has 0 bridgehead atoms. The molecule has 0 spiro atoms. The fourth-order valence-electron chi connectivity index (χ4n) is 4.66. The number of nitrogens with one attached hydrogen (secondary N) is 1. The maximum absolute atomic E-state index is 13.1. The van der Waals surface area contributed by atoms with Gasteiger partial charge in [0.2, 0.25) is 19.5 Å². The van der Waals surface area contributed by atoms with Crippen LogP contribution in [0.2, 0.25) is 0 Å². The lowest BCUT2D eigenvalue weighted by Gasteiger charge is -2.35. The first-order valence-electron chi connectivity index (χ1n) is 11.5. The predicted octanol–water partition coefficient (Wildman–Crippen LogP) is 2.25. The zero-order chi connectivity index (χ0) is 23.9. The summed E-state index contributed by atoms with van der Waals surface area (Å²) < 4.78 is 23.3. The monoisotopic (exact) mass is 496 g/mol. The molecule has 35 heavy (non-hydrogen) atoms. The van der Waals surface area contributed by atoms with E-state index in [0.717, 1.165) is 36.7 Å². The van der Waals surface area contributed by atoms with E-state index >= 15 is 0 Å². The molecule has 0 aliphatic carbocycles. The lowest BCUT2D eigenvalue weighted by Crippen LogP contribution is -2.48. The van der Waals surface area contributed by atoms with Crippen LogP contribution in [0.5, 0.6) is 23.0 Å². The maximum atomic E-state index is 13.1. The third kappa shape index (κ3) is 4.21. The lowest BCUT2D eigenvalue weighted by atomic mass is 10.1. The summed E-state index contributed by atoms with van der Waals surface area (Å²) in [5.41, 5.74) is 1.50. The second-order valence-corrected chi connectivity index (χ2v) is 9.12. The van der Waals surface area contributed by atoms with Crippen molar-refractivity contribution in [1.82, 2.24) is 19.4 Å². The first-order valence-corrected chi connectivity index (χ1v) is 11.9. The molecule has 1 amide bonds. The van der Waals surface area contributed by atoms with Crippen molar-refractivity contribution in [3.63, 3.8) is 0 Å². The van der Waals surface area contributed by atoms with Crippen LogP contribution < -0.4 is 24.5 Å². The van der Waals surface area contributed by atoms with Crippen LogP contribution in [0.3, 0.4) is 0 Å². The summed E-state index contributed by atoms with van der Waals surface area (Å²) in [5, 5.41) is 0.451. The Labute approximate surface area is 205 Å². The number of carbonyl (C=O) groups excluding carboxylic acids is 1. The van der Waals surface area contributed by atoms with Gasteiger partial charge in [0.05, 0.1) is 10.9 Å². The van der Waals surface area contributed by atoms with E-state index in [-0.39, 0.29) is 42.8 Å². The van der Waals surface area contributed by atoms with E-state index in [1.807, 2.05) is 23.1 Å². The number of carbonyl (C=O) groups is 1. The number of aromatic amines is 1. The third-order valence-corrected chi connectivity index (χ3v) is 6.91. The van der Waals surface area contributed by atoms with Gasteiger partial charge >= 0.3 is 0 Å². The van der Waals surface area contributed by atoms with Crippen molar-refractivity contribution in [2.24, 2.45) is 0 Å². The summed E-state index contributed by atoms with van der Waals surface area (Å²) in [6.45, 7) is 4.25. The standard InChI is InChI=1S/C24H24N4O6S/c29-22(27-7-5-26(6-8-27)12-15-1-2-18-19(9-15)32-13-31-18)3-4-28-23(30)16-10-20-21(34-14-33-20)11-17(16)25-24(28)35/h1-2,9-11H,3-8,12-14H2,(H,25,35). The predicted molar refractivity (Wildman–Crippen MR) is 129 cm³/mol. The zero-order valence-electron chi connectivity index (χ0n) is 19.0. The smallest absolute Gasteiger partial charge is 0.262 e. The molecule has 10 nitrogen and oxygen atoms in total. The summed E-state index contributed by atoms with van der Waals surface area (Å²) in [5.74, 6) is 2.68. The summed E-state index contributed by atoms with van der Waals surface area (Å²) in [7, 11) is 0. The van der Waals surface area contributed by atoms with E-state index in [0.29, 0.717) is 35.5 Å². The largest absolute Gasteiger partial charge is 0.454 e. The zero-order valence-corrected chi connectivity index (χ0v) is 19.8. The molecule has 3 aliphatic rings. The molecule has 2 aromatic carbocycles. The van der Waals surface area contributed by atoms with Gasteiger partial charge in [0.25, 0.3) is 5.56 Å². The third-order valence-electron chi connectivity index (χ3n) is 6.59. The van der Waals surface area contributed by atoms with Crippen LogP contribution in [0.25, 0.3) is 10.9 Å². The molecule has 1 fully saturated rings. The number of ether oxygens (including phenoxy) is 4. The molecule has 0 radical (unpaired) electrons. The average molecular weight is 497 g/mol. The molecule has 1 N–H and O–H groups in total. The van der Waals surface area contributed by atoms with Crippen LogP contribution in [-0.2, 0) is 17.9 Å². The second kappa shape index (κ2) is 8.90. The Morgan fingerprint density at radius 1 is 0.914 bits per heavy atom. The molecule has 1 saturated heterocycles. The number of hydrogen-bond donors (Lipinski definition) is 1. The Kier molecular flexibility index (Phi) is 5.57. The van der Waals surface area contributed by atoms with E-state index in [1.165, 1.54) is 4.57 Å². The summed E-state index contributed by atoms with van der Waals surface area (Å²) in [6.07, 6.45) is 0.204. The van der Waals surface area contributed by atoms with Crippen molar-refractivity contribution in [2.75, 3.05) is 39.8 Å². The minimum absolute atomic E-state index is 0.0137. The number of H-pyrrole nitrogens is 1. The van der Waals surface area contributed by atoms with Gasteiger partial charge in [0.1, 0.15) is 0 Å². The van der Waals surface area contributed by atoms with Crippen molar-refractivity contribution >= 4 is 29.0 Å². The van der Waals surface area contributed by atoms with Gasteiger partial charge < -0.3 is 28.8 Å². The molecule has 0 unspecified atom stereocenters. The average Bonchev–Trinajstić information content (AvgIpc) is 3.52. The van der Waals surface area contributed by atoms with Crippen LogP contribution >= 0.6 is 12.2 Å². The van der Waals surface area contributed by atoms with Gasteiger partial charge in [0.15, 0.2) is 27.8 Å². The molecular weight excluding hydrogens is 472 g/mol. The molecule has 6 rings (SSSR count). The molecule has 4 heterocycles. The van der Waals surface area contributed by atoms with Gasteiger partial charge in [-0.15, -0.1) is 0 Å². The van der Waals surface area contributed by atoms with Crippen molar-refractivity contribution in [1.29, 1.82) is 0 Å². The highest BCUT2D eigenvalue weighted by molar-refractivity contribution is 7.71. The lowest BCUT2D eigenvalue weighted by molar-refractivity contribution is -0.133. The molecule has 3 aliphatic heterocycles. The highest BCUT2D eigenvalue weighted by Gasteiger charge is 2.23. The normalized spacial score (nSPS) is 16.7. The minimum Gasteiger partial charge on any atom is -0.454 e. The number of piperazine rings is 1. The summed E-state index contributed by atoms with van der Waals surface area (Å²) >= 11 is 5.40. The van der Waals surface area contributed by atoms with Crippen LogP contribution in [0.1, 0.15) is 12.0 Å². The topological polar surface area (TPSA) is 98.3 Å². The molecular formula is C24H24N4O6S. The second-order valence-electron chi connectivity index (χ2n) is 8.73. The van der Waals surface area contributed by atoms with E-state index in [9.17, 15) is 9.59 Å². The van der Waals surface area contributed by atoms with E-state index in [2.05, 4.69) is 9.88 Å². The van der Waals surface area contributed by atoms with Crippen LogP contribution in [0.15, 0.2) is 35.1 Å². The van der Waals surface area contributed by atoms with Gasteiger partial charge in [-0.2, -0.15) is 0 Å². The SMILES string of the molecule is O=C(CCn1c(=S)[nH]c2cc3c(cc2c1=O)OCO3)N1CCN(Cc2ccc3c(c2)OCO3)CC1. The molecule has 0 saturated carbocycles. The Morgan fingerprint density at radius 3 is 2.37 bits per heavy atom. The van der Waals surface area contributed by atoms with Gasteiger partial charge in [-0.3, -0.25) is 19.1 Å². The Bertz CT molecular complexity index is 1430. The van der Waals surface area contributed by atoms with E-state index in [1.54, 1.807) is 12.1 Å².